The lowest BCUT2D eigenvalue weighted by atomic mass is 10.1. The summed E-state index contributed by atoms with van der Waals surface area (Å²) >= 11 is 5.16. The molecule has 0 atom stereocenters. The van der Waals surface area contributed by atoms with Gasteiger partial charge in [-0.3, -0.25) is 0 Å². The average Bonchev–Trinajstić information content (AvgIpc) is 2.64. The molecule has 0 aliphatic carbocycles. The molecule has 0 bridgehead atoms. The molecule has 2 rings (SSSR count). The topological polar surface area (TPSA) is 82.0 Å². The first-order chi connectivity index (χ1) is 12.2. The van der Waals surface area contributed by atoms with E-state index in [9.17, 15) is 5.26 Å². The van der Waals surface area contributed by atoms with Crippen LogP contribution in [0.4, 0.5) is 5.82 Å². The number of benzene rings is 1. The maximum absolute atomic E-state index is 9.38. The van der Waals surface area contributed by atoms with Crippen molar-refractivity contribution in [3.8, 4) is 6.07 Å². The Balaban J connectivity index is 1.94. The van der Waals surface area contributed by atoms with Gasteiger partial charge in [-0.1, -0.05) is 13.0 Å². The summed E-state index contributed by atoms with van der Waals surface area (Å²) in [5.74, 6) is 0.597. The molecule has 0 fully saturated rings. The molecule has 6 nitrogen and oxygen atoms in total. The van der Waals surface area contributed by atoms with Gasteiger partial charge in [-0.15, -0.1) is 0 Å². The zero-order chi connectivity index (χ0) is 18.1. The van der Waals surface area contributed by atoms with E-state index >= 15 is 0 Å². The Morgan fingerprint density at radius 1 is 1.24 bits per heavy atom. The molecule has 0 aliphatic rings. The monoisotopic (exact) mass is 357 g/mol. The molecule has 1 aromatic carbocycles. The summed E-state index contributed by atoms with van der Waals surface area (Å²) in [4.78, 5) is 4.57. The number of hydrogen-bond acceptors (Lipinski definition) is 5. The Bertz CT molecular complexity index is 772. The molecule has 25 heavy (non-hydrogen) atoms. The van der Waals surface area contributed by atoms with Crippen LogP contribution in [0.3, 0.4) is 0 Å². The standard InChI is InChI=1S/C18H23N5OS/c1-3-13-4-5-16-14(10-13)11-15(12-19)17(23-16)20-6-7-21-18(25)22-8-9-24-2/h4-5,10-11H,3,6-9H2,1-2H3,(H,20,23)(H2,21,22,25). The SMILES string of the molecule is CCc1ccc2nc(NCCNC(=S)NCCOC)c(C#N)cc2c1. The van der Waals surface area contributed by atoms with Gasteiger partial charge in [0.05, 0.1) is 17.7 Å². The van der Waals surface area contributed by atoms with Crippen molar-refractivity contribution in [1.82, 2.24) is 15.6 Å². The summed E-state index contributed by atoms with van der Waals surface area (Å²) in [7, 11) is 1.65. The highest BCUT2D eigenvalue weighted by atomic mass is 32.1. The Hall–Kier alpha value is -2.43. The Morgan fingerprint density at radius 3 is 2.76 bits per heavy atom. The molecule has 132 valence electrons. The zero-order valence-corrected chi connectivity index (χ0v) is 15.4. The smallest absolute Gasteiger partial charge is 0.166 e. The number of anilines is 1. The van der Waals surface area contributed by atoms with Crippen LogP contribution in [-0.4, -0.2) is 43.4 Å². The lowest BCUT2D eigenvalue weighted by molar-refractivity contribution is 0.204. The van der Waals surface area contributed by atoms with Crippen LogP contribution in [0, 0.1) is 11.3 Å². The molecule has 0 aliphatic heterocycles. The lowest BCUT2D eigenvalue weighted by Crippen LogP contribution is -2.39. The maximum Gasteiger partial charge on any atom is 0.166 e. The minimum Gasteiger partial charge on any atom is -0.383 e. The highest BCUT2D eigenvalue weighted by Gasteiger charge is 2.07. The summed E-state index contributed by atoms with van der Waals surface area (Å²) in [6.07, 6.45) is 0.960. The minimum atomic E-state index is 0.543. The van der Waals surface area contributed by atoms with Crippen LogP contribution in [0.1, 0.15) is 18.1 Å². The molecule has 0 radical (unpaired) electrons. The van der Waals surface area contributed by atoms with Gasteiger partial charge in [-0.2, -0.15) is 5.26 Å². The predicted octanol–water partition coefficient (Wildman–Crippen LogP) is 2.19. The van der Waals surface area contributed by atoms with Crippen molar-refractivity contribution in [3.05, 3.63) is 35.4 Å². The van der Waals surface area contributed by atoms with Gasteiger partial charge in [0, 0.05) is 32.1 Å². The van der Waals surface area contributed by atoms with Crippen molar-refractivity contribution in [2.45, 2.75) is 13.3 Å². The van der Waals surface area contributed by atoms with Crippen LogP contribution in [0.15, 0.2) is 24.3 Å². The first kappa shape index (κ1) is 18.9. The highest BCUT2D eigenvalue weighted by molar-refractivity contribution is 7.80. The fourth-order valence-electron chi connectivity index (χ4n) is 2.35. The van der Waals surface area contributed by atoms with Crippen LogP contribution >= 0.6 is 12.2 Å². The number of rotatable bonds is 8. The second-order valence-corrected chi connectivity index (χ2v) is 5.89. The molecule has 0 saturated heterocycles. The van der Waals surface area contributed by atoms with Gasteiger partial charge in [0.25, 0.3) is 0 Å². The molecular formula is C18H23N5OS. The molecule has 3 N–H and O–H groups in total. The predicted molar refractivity (Wildman–Crippen MR) is 105 cm³/mol. The molecule has 0 amide bonds. The summed E-state index contributed by atoms with van der Waals surface area (Å²) in [5.41, 5.74) is 2.66. The maximum atomic E-state index is 9.38. The molecule has 0 unspecified atom stereocenters. The number of thiocarbonyl (C=S) groups is 1. The minimum absolute atomic E-state index is 0.543. The van der Waals surface area contributed by atoms with Gasteiger partial charge in [-0.25, -0.2) is 4.98 Å². The number of pyridine rings is 1. The second kappa shape index (κ2) is 9.77. The summed E-state index contributed by atoms with van der Waals surface area (Å²) < 4.78 is 4.95. The third kappa shape index (κ3) is 5.55. The van der Waals surface area contributed by atoms with Crippen LogP contribution in [-0.2, 0) is 11.2 Å². The number of fused-ring (bicyclic) bond motifs is 1. The van der Waals surface area contributed by atoms with E-state index in [-0.39, 0.29) is 0 Å². The summed E-state index contributed by atoms with van der Waals surface area (Å²) in [6, 6.07) is 10.2. The van der Waals surface area contributed by atoms with E-state index in [1.54, 1.807) is 7.11 Å². The Morgan fingerprint density at radius 2 is 2.04 bits per heavy atom. The van der Waals surface area contributed by atoms with Crippen molar-refractivity contribution < 1.29 is 4.74 Å². The number of nitrogens with zero attached hydrogens (tertiary/aromatic N) is 2. The van der Waals surface area contributed by atoms with E-state index in [1.165, 1.54) is 5.56 Å². The molecule has 2 aromatic rings. The summed E-state index contributed by atoms with van der Waals surface area (Å²) in [6.45, 7) is 4.61. The third-order valence-electron chi connectivity index (χ3n) is 3.70. The molecule has 7 heteroatoms. The van der Waals surface area contributed by atoms with Gasteiger partial charge >= 0.3 is 0 Å². The lowest BCUT2D eigenvalue weighted by Gasteiger charge is -2.12. The van der Waals surface area contributed by atoms with Crippen LogP contribution < -0.4 is 16.0 Å². The molecule has 0 spiro atoms. The highest BCUT2D eigenvalue weighted by Crippen LogP contribution is 2.21. The van der Waals surface area contributed by atoms with E-state index in [4.69, 9.17) is 17.0 Å². The van der Waals surface area contributed by atoms with Crippen molar-refractivity contribution in [1.29, 1.82) is 5.26 Å². The van der Waals surface area contributed by atoms with Crippen molar-refractivity contribution in [2.75, 3.05) is 38.7 Å². The fourth-order valence-corrected chi connectivity index (χ4v) is 2.56. The molecule has 1 heterocycles. The van der Waals surface area contributed by atoms with Crippen LogP contribution in [0.25, 0.3) is 10.9 Å². The van der Waals surface area contributed by atoms with E-state index in [0.717, 1.165) is 17.3 Å². The van der Waals surface area contributed by atoms with E-state index in [0.29, 0.717) is 42.7 Å². The Kier molecular flexibility index (Phi) is 7.38. The quantitative estimate of drug-likeness (QED) is 0.493. The second-order valence-electron chi connectivity index (χ2n) is 5.48. The average molecular weight is 357 g/mol. The van der Waals surface area contributed by atoms with Gasteiger partial charge in [0.1, 0.15) is 11.9 Å². The van der Waals surface area contributed by atoms with Crippen molar-refractivity contribution in [3.63, 3.8) is 0 Å². The fraction of sp³-hybridized carbons (Fsp3) is 0.389. The summed E-state index contributed by atoms with van der Waals surface area (Å²) in [5, 5.41) is 20.3. The number of ether oxygens (including phenoxy) is 1. The molecule has 1 aromatic heterocycles. The van der Waals surface area contributed by atoms with E-state index in [2.05, 4.69) is 46.1 Å². The first-order valence-electron chi connectivity index (χ1n) is 8.26. The zero-order valence-electron chi connectivity index (χ0n) is 14.6. The van der Waals surface area contributed by atoms with Crippen LogP contribution in [0.2, 0.25) is 0 Å². The first-order valence-corrected chi connectivity index (χ1v) is 8.67. The Labute approximate surface area is 153 Å². The van der Waals surface area contributed by atoms with E-state index < -0.39 is 0 Å². The number of methoxy groups -OCH3 is 1. The van der Waals surface area contributed by atoms with Crippen molar-refractivity contribution >= 4 is 34.1 Å². The van der Waals surface area contributed by atoms with Gasteiger partial charge in [0.15, 0.2) is 5.11 Å². The third-order valence-corrected chi connectivity index (χ3v) is 3.99. The molecular weight excluding hydrogens is 334 g/mol. The number of nitriles is 1. The number of nitrogens with one attached hydrogen (secondary N) is 3. The largest absolute Gasteiger partial charge is 0.383 e. The van der Waals surface area contributed by atoms with Crippen LogP contribution in [0.5, 0.6) is 0 Å². The normalized spacial score (nSPS) is 10.3. The number of hydrogen-bond donors (Lipinski definition) is 3. The molecule has 0 saturated carbocycles. The van der Waals surface area contributed by atoms with Crippen molar-refractivity contribution in [2.24, 2.45) is 0 Å². The van der Waals surface area contributed by atoms with Gasteiger partial charge in [0.2, 0.25) is 0 Å². The number of aromatic nitrogens is 1. The van der Waals surface area contributed by atoms with Gasteiger partial charge in [-0.05, 0) is 42.4 Å². The van der Waals surface area contributed by atoms with E-state index in [1.807, 2.05) is 12.1 Å². The number of aryl methyl sites for hydroxylation is 1. The van der Waals surface area contributed by atoms with Gasteiger partial charge < -0.3 is 20.7 Å².